The van der Waals surface area contributed by atoms with Crippen LogP contribution < -0.4 is 0 Å². The fraction of sp³-hybridized carbons (Fsp3) is 0. The third-order valence-corrected chi connectivity index (χ3v) is 4.68. The Hall–Kier alpha value is -2.13. The molecule has 0 aliphatic rings. The molecule has 0 radical (unpaired) electrons. The summed E-state index contributed by atoms with van der Waals surface area (Å²) in [5, 5.41) is 0. The Morgan fingerprint density at radius 3 is 2.04 bits per heavy atom. The molecule has 3 rings (SSSR count). The first kappa shape index (κ1) is 15.8. The fourth-order valence-electron chi connectivity index (χ4n) is 2.51. The smallest absolute Gasteiger partial charge is 0.0208 e. The molecule has 0 saturated heterocycles. The van der Waals surface area contributed by atoms with Crippen molar-refractivity contribution in [3.63, 3.8) is 0 Å². The zero-order valence-electron chi connectivity index (χ0n) is 12.7. The molecule has 0 amide bonds. The monoisotopic (exact) mass is 408 g/mol. The lowest BCUT2D eigenvalue weighted by molar-refractivity contribution is 1.57. The van der Waals surface area contributed by atoms with Crippen molar-refractivity contribution in [3.8, 4) is 11.1 Å². The van der Waals surface area contributed by atoms with Crippen LogP contribution in [0.2, 0.25) is 0 Å². The summed E-state index contributed by atoms with van der Waals surface area (Å²) in [7, 11) is 0. The van der Waals surface area contributed by atoms with Crippen LogP contribution in [0.5, 0.6) is 0 Å². The zero-order valence-corrected chi connectivity index (χ0v) is 14.9. The van der Waals surface area contributed by atoms with E-state index < -0.39 is 0 Å². The van der Waals surface area contributed by atoms with Gasteiger partial charge in [-0.2, -0.15) is 0 Å². The second-order valence-electron chi connectivity index (χ2n) is 5.27. The lowest BCUT2D eigenvalue weighted by atomic mass is 9.98. The van der Waals surface area contributed by atoms with Crippen molar-refractivity contribution in [1.82, 2.24) is 0 Å². The van der Waals surface area contributed by atoms with Gasteiger partial charge in [-0.1, -0.05) is 85.5 Å². The standard InChI is InChI=1S/C22H17I/c1-2-17-15-20(18-9-5-3-6-10-18)13-14-21(17)16-22(23)19-11-7-4-8-12-19/h2-16H,1H2/b22-16-. The summed E-state index contributed by atoms with van der Waals surface area (Å²) in [6, 6.07) is 27.4. The highest BCUT2D eigenvalue weighted by Gasteiger charge is 2.03. The first-order valence-corrected chi connectivity index (χ1v) is 8.60. The van der Waals surface area contributed by atoms with Gasteiger partial charge in [-0.05, 0) is 62.6 Å². The maximum Gasteiger partial charge on any atom is 0.0208 e. The van der Waals surface area contributed by atoms with Gasteiger partial charge in [0.1, 0.15) is 0 Å². The highest BCUT2D eigenvalue weighted by Crippen LogP contribution is 2.29. The summed E-state index contributed by atoms with van der Waals surface area (Å²) in [6.45, 7) is 3.97. The fourth-order valence-corrected chi connectivity index (χ4v) is 3.21. The second-order valence-corrected chi connectivity index (χ2v) is 6.43. The van der Waals surface area contributed by atoms with Gasteiger partial charge in [0.2, 0.25) is 0 Å². The minimum atomic E-state index is 1.15. The molecule has 0 N–H and O–H groups in total. The van der Waals surface area contributed by atoms with Gasteiger partial charge in [-0.3, -0.25) is 0 Å². The van der Waals surface area contributed by atoms with Crippen molar-refractivity contribution < 1.29 is 0 Å². The van der Waals surface area contributed by atoms with Gasteiger partial charge >= 0.3 is 0 Å². The number of hydrogen-bond acceptors (Lipinski definition) is 0. The van der Waals surface area contributed by atoms with Gasteiger partial charge in [0.15, 0.2) is 0 Å². The van der Waals surface area contributed by atoms with Crippen LogP contribution in [-0.2, 0) is 0 Å². The maximum atomic E-state index is 3.97. The number of benzene rings is 3. The molecule has 3 aromatic rings. The quantitative estimate of drug-likeness (QED) is 0.324. The molecule has 0 bridgehead atoms. The second kappa shape index (κ2) is 7.42. The molecule has 0 aliphatic heterocycles. The van der Waals surface area contributed by atoms with Crippen molar-refractivity contribution in [2.45, 2.75) is 0 Å². The molecule has 112 valence electrons. The normalized spacial score (nSPS) is 11.3. The molecule has 0 saturated carbocycles. The molecule has 3 aromatic carbocycles. The van der Waals surface area contributed by atoms with Crippen LogP contribution >= 0.6 is 22.6 Å². The first-order chi connectivity index (χ1) is 11.3. The van der Waals surface area contributed by atoms with Crippen molar-refractivity contribution in [1.29, 1.82) is 0 Å². The molecule has 0 atom stereocenters. The van der Waals surface area contributed by atoms with Gasteiger partial charge < -0.3 is 0 Å². The van der Waals surface area contributed by atoms with Gasteiger partial charge in [0.05, 0.1) is 0 Å². The minimum absolute atomic E-state index is 1.15. The van der Waals surface area contributed by atoms with Crippen LogP contribution in [0.15, 0.2) is 85.4 Å². The molecule has 0 spiro atoms. The summed E-state index contributed by atoms with van der Waals surface area (Å²) in [5.41, 5.74) is 6.01. The molecule has 0 fully saturated rings. The van der Waals surface area contributed by atoms with E-state index in [1.807, 2.05) is 18.2 Å². The van der Waals surface area contributed by atoms with E-state index in [0.717, 1.165) is 5.56 Å². The molecule has 1 heteroatoms. The van der Waals surface area contributed by atoms with Crippen molar-refractivity contribution in [3.05, 3.63) is 102 Å². The zero-order chi connectivity index (χ0) is 16.1. The summed E-state index contributed by atoms with van der Waals surface area (Å²) in [5.74, 6) is 0. The number of rotatable bonds is 4. The van der Waals surface area contributed by atoms with E-state index >= 15 is 0 Å². The first-order valence-electron chi connectivity index (χ1n) is 7.52. The predicted octanol–water partition coefficient (Wildman–Crippen LogP) is 6.93. The van der Waals surface area contributed by atoms with Crippen LogP contribution in [0.1, 0.15) is 16.7 Å². The Balaban J connectivity index is 1.99. The molecule has 23 heavy (non-hydrogen) atoms. The molecular formula is C22H17I. The average Bonchev–Trinajstić information content (AvgIpc) is 2.63. The molecular weight excluding hydrogens is 391 g/mol. The van der Waals surface area contributed by atoms with Gasteiger partial charge in [-0.15, -0.1) is 0 Å². The largest absolute Gasteiger partial charge is 0.0984 e. The third-order valence-electron chi connectivity index (χ3n) is 3.75. The van der Waals surface area contributed by atoms with E-state index in [9.17, 15) is 0 Å². The lowest BCUT2D eigenvalue weighted by Crippen LogP contribution is -1.85. The van der Waals surface area contributed by atoms with Crippen LogP contribution in [-0.4, -0.2) is 0 Å². The predicted molar refractivity (Wildman–Crippen MR) is 110 cm³/mol. The van der Waals surface area contributed by atoms with Crippen molar-refractivity contribution >= 4 is 38.3 Å². The van der Waals surface area contributed by atoms with Gasteiger partial charge in [0.25, 0.3) is 0 Å². The Morgan fingerprint density at radius 1 is 0.739 bits per heavy atom. The van der Waals surface area contributed by atoms with E-state index in [0.29, 0.717) is 0 Å². The van der Waals surface area contributed by atoms with Gasteiger partial charge in [-0.25, -0.2) is 0 Å². The SMILES string of the molecule is C=Cc1cc(-c2ccccc2)ccc1/C=C(\I)c1ccccc1. The van der Waals surface area contributed by atoms with Crippen LogP contribution in [0.25, 0.3) is 26.9 Å². The van der Waals surface area contributed by atoms with E-state index in [2.05, 4.69) is 102 Å². The van der Waals surface area contributed by atoms with Crippen molar-refractivity contribution in [2.75, 3.05) is 0 Å². The highest BCUT2D eigenvalue weighted by molar-refractivity contribution is 14.1. The third kappa shape index (κ3) is 3.80. The Bertz CT molecular complexity index is 830. The number of halogens is 1. The summed E-state index contributed by atoms with van der Waals surface area (Å²) in [4.78, 5) is 0. The Morgan fingerprint density at radius 2 is 1.39 bits per heavy atom. The summed E-state index contributed by atoms with van der Waals surface area (Å²) in [6.07, 6.45) is 4.13. The van der Waals surface area contributed by atoms with E-state index in [-0.39, 0.29) is 0 Å². The molecule has 0 nitrogen and oxygen atoms in total. The maximum absolute atomic E-state index is 3.97. The van der Waals surface area contributed by atoms with E-state index in [1.165, 1.54) is 25.8 Å². The van der Waals surface area contributed by atoms with Gasteiger partial charge in [0, 0.05) is 3.58 Å². The van der Waals surface area contributed by atoms with Crippen LogP contribution in [0.4, 0.5) is 0 Å². The molecule has 0 aliphatic carbocycles. The molecule has 0 aromatic heterocycles. The minimum Gasteiger partial charge on any atom is -0.0984 e. The van der Waals surface area contributed by atoms with Crippen LogP contribution in [0.3, 0.4) is 0 Å². The van der Waals surface area contributed by atoms with Crippen LogP contribution in [0, 0.1) is 0 Å². The Labute approximate surface area is 151 Å². The van der Waals surface area contributed by atoms with E-state index in [4.69, 9.17) is 0 Å². The average molecular weight is 408 g/mol. The molecule has 0 unspecified atom stereocenters. The summed E-state index contributed by atoms with van der Waals surface area (Å²) < 4.78 is 1.22. The van der Waals surface area contributed by atoms with Crippen molar-refractivity contribution in [2.24, 2.45) is 0 Å². The topological polar surface area (TPSA) is 0 Å². The lowest BCUT2D eigenvalue weighted by Gasteiger charge is -2.08. The number of hydrogen-bond donors (Lipinski definition) is 0. The highest BCUT2D eigenvalue weighted by atomic mass is 127. The Kier molecular flexibility index (Phi) is 5.09. The summed E-state index contributed by atoms with van der Waals surface area (Å²) >= 11 is 2.39. The molecule has 0 heterocycles. The van der Waals surface area contributed by atoms with E-state index in [1.54, 1.807) is 0 Å².